The zero-order valence-electron chi connectivity index (χ0n) is 7.46. The van der Waals surface area contributed by atoms with Crippen LogP contribution in [-0.4, -0.2) is 12.6 Å². The Labute approximate surface area is 73.8 Å². The Kier molecular flexibility index (Phi) is 3.61. The molecule has 0 aliphatic heterocycles. The molecule has 0 saturated heterocycles. The fraction of sp³-hybridized carbons (Fsp3) is 0.400. The molecule has 0 aromatic heterocycles. The van der Waals surface area contributed by atoms with Gasteiger partial charge in [-0.1, -0.05) is 18.2 Å². The first kappa shape index (κ1) is 9.07. The van der Waals surface area contributed by atoms with Crippen molar-refractivity contribution in [3.8, 4) is 0 Å². The summed E-state index contributed by atoms with van der Waals surface area (Å²) in [6.07, 6.45) is 1.01. The van der Waals surface area contributed by atoms with Crippen molar-refractivity contribution in [2.24, 2.45) is 5.73 Å². The van der Waals surface area contributed by atoms with Gasteiger partial charge in [0.25, 0.3) is 0 Å². The maximum absolute atomic E-state index is 5.44. The minimum atomic E-state index is 0.456. The molecule has 0 bridgehead atoms. The third kappa shape index (κ3) is 2.93. The number of para-hydroxylation sites is 1. The van der Waals surface area contributed by atoms with Crippen molar-refractivity contribution in [2.45, 2.75) is 19.4 Å². The summed E-state index contributed by atoms with van der Waals surface area (Å²) in [5, 5.41) is 3.36. The zero-order valence-corrected chi connectivity index (χ0v) is 7.46. The molecule has 0 aliphatic carbocycles. The van der Waals surface area contributed by atoms with E-state index in [4.69, 9.17) is 5.73 Å². The lowest BCUT2D eigenvalue weighted by molar-refractivity contribution is 0.717. The summed E-state index contributed by atoms with van der Waals surface area (Å²) in [5.74, 6) is 0. The molecule has 2 nitrogen and oxygen atoms in total. The van der Waals surface area contributed by atoms with Gasteiger partial charge in [-0.2, -0.15) is 0 Å². The smallest absolute Gasteiger partial charge is 0.0342 e. The van der Waals surface area contributed by atoms with Crippen molar-refractivity contribution in [1.82, 2.24) is 0 Å². The SMILES string of the molecule is CC(CCN)Nc1ccccc1. The number of hydrogen-bond donors (Lipinski definition) is 2. The summed E-state index contributed by atoms with van der Waals surface area (Å²) in [6, 6.07) is 10.6. The Morgan fingerprint density at radius 1 is 1.33 bits per heavy atom. The predicted molar refractivity (Wildman–Crippen MR) is 53.2 cm³/mol. The molecule has 1 rings (SSSR count). The Bertz CT molecular complexity index is 208. The van der Waals surface area contributed by atoms with Gasteiger partial charge in [0.1, 0.15) is 0 Å². The van der Waals surface area contributed by atoms with Crippen LogP contribution in [0.15, 0.2) is 30.3 Å². The molecule has 0 aliphatic rings. The van der Waals surface area contributed by atoms with Gasteiger partial charge in [0.2, 0.25) is 0 Å². The van der Waals surface area contributed by atoms with E-state index in [1.165, 1.54) is 5.69 Å². The highest BCUT2D eigenvalue weighted by Gasteiger charge is 1.98. The number of nitrogens with two attached hydrogens (primary N) is 1. The summed E-state index contributed by atoms with van der Waals surface area (Å²) < 4.78 is 0. The van der Waals surface area contributed by atoms with Crippen LogP contribution in [0, 0.1) is 0 Å². The van der Waals surface area contributed by atoms with Gasteiger partial charge in [-0.15, -0.1) is 0 Å². The molecule has 0 saturated carbocycles. The Balaban J connectivity index is 2.41. The molecule has 0 heterocycles. The molecule has 0 spiro atoms. The molecule has 0 radical (unpaired) electrons. The van der Waals surface area contributed by atoms with Crippen molar-refractivity contribution < 1.29 is 0 Å². The Hall–Kier alpha value is -1.02. The largest absolute Gasteiger partial charge is 0.383 e. The number of nitrogens with one attached hydrogen (secondary N) is 1. The number of hydrogen-bond acceptors (Lipinski definition) is 2. The van der Waals surface area contributed by atoms with Gasteiger partial charge in [0, 0.05) is 11.7 Å². The first-order chi connectivity index (χ1) is 5.83. The van der Waals surface area contributed by atoms with Crippen LogP contribution >= 0.6 is 0 Å². The highest BCUT2D eigenvalue weighted by atomic mass is 14.9. The lowest BCUT2D eigenvalue weighted by atomic mass is 10.2. The molecular formula is C10H16N2. The second kappa shape index (κ2) is 4.78. The fourth-order valence-electron chi connectivity index (χ4n) is 1.14. The molecule has 1 unspecified atom stereocenters. The first-order valence-corrected chi connectivity index (χ1v) is 4.34. The first-order valence-electron chi connectivity index (χ1n) is 4.34. The van der Waals surface area contributed by atoms with E-state index >= 15 is 0 Å². The standard InChI is InChI=1S/C10H16N2/c1-9(7-8-11)12-10-5-3-2-4-6-10/h2-6,9,12H,7-8,11H2,1H3. The molecular weight excluding hydrogens is 148 g/mol. The maximum atomic E-state index is 5.44. The van der Waals surface area contributed by atoms with Gasteiger partial charge in [0.05, 0.1) is 0 Å². The van der Waals surface area contributed by atoms with Gasteiger partial charge in [-0.25, -0.2) is 0 Å². The lowest BCUT2D eigenvalue weighted by Gasteiger charge is -2.13. The summed E-state index contributed by atoms with van der Waals surface area (Å²) in [4.78, 5) is 0. The van der Waals surface area contributed by atoms with Crippen molar-refractivity contribution in [3.63, 3.8) is 0 Å². The van der Waals surface area contributed by atoms with Crippen LogP contribution in [-0.2, 0) is 0 Å². The topological polar surface area (TPSA) is 38.0 Å². The second-order valence-corrected chi connectivity index (χ2v) is 2.99. The van der Waals surface area contributed by atoms with E-state index in [1.807, 2.05) is 18.2 Å². The molecule has 12 heavy (non-hydrogen) atoms. The number of benzene rings is 1. The van der Waals surface area contributed by atoms with Crippen LogP contribution in [0.2, 0.25) is 0 Å². The molecule has 3 N–H and O–H groups in total. The molecule has 1 aromatic rings. The average Bonchev–Trinajstić information content (AvgIpc) is 2.06. The van der Waals surface area contributed by atoms with Crippen molar-refractivity contribution in [1.29, 1.82) is 0 Å². The van der Waals surface area contributed by atoms with Gasteiger partial charge in [-0.05, 0) is 32.0 Å². The minimum Gasteiger partial charge on any atom is -0.383 e. The van der Waals surface area contributed by atoms with E-state index in [0.29, 0.717) is 6.04 Å². The Morgan fingerprint density at radius 3 is 2.58 bits per heavy atom. The predicted octanol–water partition coefficient (Wildman–Crippen LogP) is 1.84. The van der Waals surface area contributed by atoms with Crippen LogP contribution in [0.4, 0.5) is 5.69 Å². The monoisotopic (exact) mass is 164 g/mol. The normalized spacial score (nSPS) is 12.5. The average molecular weight is 164 g/mol. The highest BCUT2D eigenvalue weighted by Crippen LogP contribution is 2.07. The fourth-order valence-corrected chi connectivity index (χ4v) is 1.14. The van der Waals surface area contributed by atoms with E-state index in [2.05, 4.69) is 24.4 Å². The van der Waals surface area contributed by atoms with E-state index in [-0.39, 0.29) is 0 Å². The summed E-state index contributed by atoms with van der Waals surface area (Å²) in [6.45, 7) is 2.88. The highest BCUT2D eigenvalue weighted by molar-refractivity contribution is 5.43. The van der Waals surface area contributed by atoms with E-state index in [1.54, 1.807) is 0 Å². The summed E-state index contributed by atoms with van der Waals surface area (Å²) in [5.41, 5.74) is 6.61. The third-order valence-corrected chi connectivity index (χ3v) is 1.79. The minimum absolute atomic E-state index is 0.456. The van der Waals surface area contributed by atoms with Gasteiger partial charge in [-0.3, -0.25) is 0 Å². The third-order valence-electron chi connectivity index (χ3n) is 1.79. The molecule has 2 heteroatoms. The van der Waals surface area contributed by atoms with Crippen molar-refractivity contribution in [2.75, 3.05) is 11.9 Å². The lowest BCUT2D eigenvalue weighted by Crippen LogP contribution is -2.19. The van der Waals surface area contributed by atoms with Gasteiger partial charge < -0.3 is 11.1 Å². The molecule has 0 amide bonds. The molecule has 66 valence electrons. The van der Waals surface area contributed by atoms with Crippen molar-refractivity contribution in [3.05, 3.63) is 30.3 Å². The van der Waals surface area contributed by atoms with E-state index in [0.717, 1.165) is 13.0 Å². The summed E-state index contributed by atoms with van der Waals surface area (Å²) in [7, 11) is 0. The van der Waals surface area contributed by atoms with Crippen LogP contribution in [0.1, 0.15) is 13.3 Å². The van der Waals surface area contributed by atoms with Crippen LogP contribution < -0.4 is 11.1 Å². The van der Waals surface area contributed by atoms with Crippen LogP contribution in [0.25, 0.3) is 0 Å². The Morgan fingerprint density at radius 2 is 2.00 bits per heavy atom. The van der Waals surface area contributed by atoms with Crippen LogP contribution in [0.5, 0.6) is 0 Å². The summed E-state index contributed by atoms with van der Waals surface area (Å²) >= 11 is 0. The number of rotatable bonds is 4. The van der Waals surface area contributed by atoms with Gasteiger partial charge >= 0.3 is 0 Å². The second-order valence-electron chi connectivity index (χ2n) is 2.99. The molecule has 1 atom stereocenters. The van der Waals surface area contributed by atoms with E-state index in [9.17, 15) is 0 Å². The zero-order chi connectivity index (χ0) is 8.81. The number of anilines is 1. The maximum Gasteiger partial charge on any atom is 0.0342 e. The quantitative estimate of drug-likeness (QED) is 0.712. The van der Waals surface area contributed by atoms with Crippen molar-refractivity contribution >= 4 is 5.69 Å². The molecule has 1 aromatic carbocycles. The van der Waals surface area contributed by atoms with E-state index < -0.39 is 0 Å². The van der Waals surface area contributed by atoms with Gasteiger partial charge in [0.15, 0.2) is 0 Å². The van der Waals surface area contributed by atoms with Crippen LogP contribution in [0.3, 0.4) is 0 Å². The molecule has 0 fully saturated rings.